The van der Waals surface area contributed by atoms with Crippen LogP contribution in [-0.2, 0) is 14.8 Å². The summed E-state index contributed by atoms with van der Waals surface area (Å²) in [7, 11) is -3.80. The number of carboxylic acids is 1. The molecule has 1 atom stereocenters. The molecule has 3 N–H and O–H groups in total. The summed E-state index contributed by atoms with van der Waals surface area (Å²) in [4.78, 5) is 10.3. The van der Waals surface area contributed by atoms with E-state index in [2.05, 4.69) is 15.9 Å². The highest BCUT2D eigenvalue weighted by Gasteiger charge is 2.19. The van der Waals surface area contributed by atoms with Gasteiger partial charge in [-0.05, 0) is 24.3 Å². The second-order valence-electron chi connectivity index (χ2n) is 3.16. The molecule has 0 aliphatic heterocycles. The number of nitrogens with one attached hydrogen (secondary N) is 1. The van der Waals surface area contributed by atoms with E-state index in [-0.39, 0.29) is 4.90 Å². The molecule has 0 aliphatic rings. The lowest BCUT2D eigenvalue weighted by molar-refractivity contribution is -0.146. The summed E-state index contributed by atoms with van der Waals surface area (Å²) in [5.74, 6) is -1.48. The standard InChI is InChI=1S/C9H10BrNO5S/c10-6-1-3-7(4-2-6)17(15,16)11-5-8(12)9(13)14/h1-4,8,11-12H,5H2,(H,13,14). The monoisotopic (exact) mass is 323 g/mol. The zero-order valence-electron chi connectivity index (χ0n) is 8.50. The smallest absolute Gasteiger partial charge is 0.333 e. The number of hydrogen-bond acceptors (Lipinski definition) is 4. The van der Waals surface area contributed by atoms with E-state index in [1.807, 2.05) is 4.72 Å². The van der Waals surface area contributed by atoms with Crippen LogP contribution in [0.15, 0.2) is 33.6 Å². The van der Waals surface area contributed by atoms with Crippen molar-refractivity contribution < 1.29 is 23.4 Å². The highest BCUT2D eigenvalue weighted by molar-refractivity contribution is 9.10. The number of aliphatic carboxylic acids is 1. The summed E-state index contributed by atoms with van der Waals surface area (Å²) in [5, 5.41) is 17.3. The van der Waals surface area contributed by atoms with Crippen molar-refractivity contribution in [1.29, 1.82) is 0 Å². The molecule has 0 amide bonds. The number of benzene rings is 1. The molecule has 0 aliphatic carbocycles. The highest BCUT2D eigenvalue weighted by atomic mass is 79.9. The number of halogens is 1. The molecule has 1 rings (SSSR count). The van der Waals surface area contributed by atoms with E-state index in [9.17, 15) is 13.2 Å². The van der Waals surface area contributed by atoms with Gasteiger partial charge in [-0.25, -0.2) is 17.9 Å². The molecule has 0 saturated heterocycles. The van der Waals surface area contributed by atoms with Gasteiger partial charge >= 0.3 is 5.97 Å². The Hall–Kier alpha value is -0.960. The van der Waals surface area contributed by atoms with Crippen molar-refractivity contribution in [2.45, 2.75) is 11.0 Å². The SMILES string of the molecule is O=C(O)C(O)CNS(=O)(=O)c1ccc(Br)cc1. The maximum absolute atomic E-state index is 11.6. The molecule has 0 bridgehead atoms. The van der Waals surface area contributed by atoms with Crippen molar-refractivity contribution in [2.75, 3.05) is 6.54 Å². The number of carboxylic acid groups (broad SMARTS) is 1. The van der Waals surface area contributed by atoms with Crippen LogP contribution < -0.4 is 4.72 Å². The summed E-state index contributed by atoms with van der Waals surface area (Å²) in [6.45, 7) is -0.576. The van der Waals surface area contributed by atoms with E-state index in [1.165, 1.54) is 12.1 Å². The van der Waals surface area contributed by atoms with Gasteiger partial charge in [0.2, 0.25) is 10.0 Å². The second-order valence-corrected chi connectivity index (χ2v) is 5.84. The van der Waals surface area contributed by atoms with Crippen molar-refractivity contribution in [3.8, 4) is 0 Å². The Kier molecular flexibility index (Phi) is 4.63. The van der Waals surface area contributed by atoms with E-state index in [0.29, 0.717) is 0 Å². The Morgan fingerprint density at radius 3 is 2.35 bits per heavy atom. The fourth-order valence-corrected chi connectivity index (χ4v) is 2.28. The number of carbonyl (C=O) groups is 1. The number of sulfonamides is 1. The molecule has 1 aromatic carbocycles. The zero-order chi connectivity index (χ0) is 13.1. The van der Waals surface area contributed by atoms with Crippen molar-refractivity contribution in [2.24, 2.45) is 0 Å². The molecule has 0 aromatic heterocycles. The van der Waals surface area contributed by atoms with E-state index in [1.54, 1.807) is 12.1 Å². The van der Waals surface area contributed by atoms with Crippen LogP contribution in [0, 0.1) is 0 Å². The van der Waals surface area contributed by atoms with Gasteiger partial charge in [0.15, 0.2) is 6.10 Å². The predicted octanol–water partition coefficient (Wildman–Crippen LogP) is 0.173. The van der Waals surface area contributed by atoms with Gasteiger partial charge in [-0.1, -0.05) is 15.9 Å². The Labute approximate surface area is 106 Å². The highest BCUT2D eigenvalue weighted by Crippen LogP contribution is 2.14. The molecule has 0 heterocycles. The lowest BCUT2D eigenvalue weighted by atomic mass is 10.4. The third kappa shape index (κ3) is 4.08. The van der Waals surface area contributed by atoms with Crippen LogP contribution in [0.2, 0.25) is 0 Å². The van der Waals surface area contributed by atoms with E-state index in [4.69, 9.17) is 10.2 Å². The van der Waals surface area contributed by atoms with Crippen LogP contribution >= 0.6 is 15.9 Å². The maximum atomic E-state index is 11.6. The van der Waals surface area contributed by atoms with Crippen LogP contribution in [0.25, 0.3) is 0 Å². The Balaban J connectivity index is 2.76. The van der Waals surface area contributed by atoms with Gasteiger partial charge in [0.1, 0.15) is 0 Å². The average Bonchev–Trinajstić information content (AvgIpc) is 2.26. The van der Waals surface area contributed by atoms with Crippen LogP contribution in [0.3, 0.4) is 0 Å². The minimum absolute atomic E-state index is 0.00158. The summed E-state index contributed by atoms with van der Waals surface area (Å²) >= 11 is 3.16. The Morgan fingerprint density at radius 2 is 1.88 bits per heavy atom. The van der Waals surface area contributed by atoms with Crippen LogP contribution in [0.4, 0.5) is 0 Å². The topological polar surface area (TPSA) is 104 Å². The van der Waals surface area contributed by atoms with Crippen molar-refractivity contribution in [3.63, 3.8) is 0 Å². The largest absolute Gasteiger partial charge is 0.479 e. The first-order valence-corrected chi connectivity index (χ1v) is 6.76. The van der Waals surface area contributed by atoms with Gasteiger partial charge in [0, 0.05) is 11.0 Å². The first-order chi connectivity index (χ1) is 7.83. The minimum Gasteiger partial charge on any atom is -0.479 e. The van der Waals surface area contributed by atoms with Crippen LogP contribution in [-0.4, -0.2) is 37.2 Å². The molecule has 94 valence electrons. The fraction of sp³-hybridized carbons (Fsp3) is 0.222. The van der Waals surface area contributed by atoms with Gasteiger partial charge in [0.05, 0.1) is 4.90 Å². The van der Waals surface area contributed by atoms with Gasteiger partial charge in [-0.15, -0.1) is 0 Å². The summed E-state index contributed by atoms with van der Waals surface area (Å²) < 4.78 is 26.0. The number of aliphatic hydroxyl groups excluding tert-OH is 1. The number of aliphatic hydroxyl groups is 1. The zero-order valence-corrected chi connectivity index (χ0v) is 10.9. The summed E-state index contributed by atoms with van der Waals surface area (Å²) in [5.41, 5.74) is 0. The molecule has 0 fully saturated rings. The maximum Gasteiger partial charge on any atom is 0.333 e. The van der Waals surface area contributed by atoms with E-state index < -0.39 is 28.6 Å². The normalized spacial score (nSPS) is 13.3. The van der Waals surface area contributed by atoms with E-state index in [0.717, 1.165) is 4.47 Å². The lowest BCUT2D eigenvalue weighted by Gasteiger charge is -2.08. The number of hydrogen-bond donors (Lipinski definition) is 3. The van der Waals surface area contributed by atoms with Gasteiger partial charge in [0.25, 0.3) is 0 Å². The second kappa shape index (κ2) is 5.58. The minimum atomic E-state index is -3.80. The molecule has 8 heteroatoms. The van der Waals surface area contributed by atoms with Crippen molar-refractivity contribution in [3.05, 3.63) is 28.7 Å². The summed E-state index contributed by atoms with van der Waals surface area (Å²) in [6, 6.07) is 5.81. The van der Waals surface area contributed by atoms with Gasteiger partial charge < -0.3 is 10.2 Å². The molecule has 17 heavy (non-hydrogen) atoms. The first-order valence-electron chi connectivity index (χ1n) is 4.49. The van der Waals surface area contributed by atoms with Crippen molar-refractivity contribution in [1.82, 2.24) is 4.72 Å². The average molecular weight is 324 g/mol. The fourth-order valence-electron chi connectivity index (χ4n) is 0.973. The third-order valence-corrected chi connectivity index (χ3v) is 3.84. The molecule has 1 aromatic rings. The van der Waals surface area contributed by atoms with Crippen LogP contribution in [0.1, 0.15) is 0 Å². The summed E-state index contributed by atoms with van der Waals surface area (Å²) in [6.07, 6.45) is -1.76. The number of rotatable bonds is 5. The Morgan fingerprint density at radius 1 is 1.35 bits per heavy atom. The lowest BCUT2D eigenvalue weighted by Crippen LogP contribution is -2.36. The van der Waals surface area contributed by atoms with Crippen molar-refractivity contribution >= 4 is 31.9 Å². The van der Waals surface area contributed by atoms with Crippen LogP contribution in [0.5, 0.6) is 0 Å². The quantitative estimate of drug-likeness (QED) is 0.716. The molecule has 6 nitrogen and oxygen atoms in total. The molecular formula is C9H10BrNO5S. The van der Waals surface area contributed by atoms with E-state index >= 15 is 0 Å². The third-order valence-electron chi connectivity index (χ3n) is 1.88. The molecular weight excluding hydrogens is 314 g/mol. The first kappa shape index (κ1) is 14.1. The van der Waals surface area contributed by atoms with Gasteiger partial charge in [-0.2, -0.15) is 0 Å². The Bertz CT molecular complexity index is 499. The van der Waals surface area contributed by atoms with Gasteiger partial charge in [-0.3, -0.25) is 0 Å². The predicted molar refractivity (Wildman–Crippen MR) is 63.0 cm³/mol. The molecule has 0 saturated carbocycles. The molecule has 1 unspecified atom stereocenters. The molecule has 0 radical (unpaired) electrons. The molecule has 0 spiro atoms.